The third-order valence-electron chi connectivity index (χ3n) is 3.89. The van der Waals surface area contributed by atoms with Crippen LogP contribution in [0.4, 0.5) is 0 Å². The highest BCUT2D eigenvalue weighted by molar-refractivity contribution is 4.96. The molecule has 0 amide bonds. The van der Waals surface area contributed by atoms with Crippen molar-refractivity contribution in [2.75, 3.05) is 19.6 Å². The Balaban J connectivity index is 1.85. The maximum Gasteiger partial charge on any atom is 0.0124 e. The van der Waals surface area contributed by atoms with Crippen molar-refractivity contribution in [3.63, 3.8) is 0 Å². The van der Waals surface area contributed by atoms with Gasteiger partial charge in [-0.2, -0.15) is 0 Å². The van der Waals surface area contributed by atoms with E-state index in [0.717, 1.165) is 18.5 Å². The quantitative estimate of drug-likeness (QED) is 0.746. The van der Waals surface area contributed by atoms with Crippen molar-refractivity contribution >= 4 is 0 Å². The number of hydrogen-bond acceptors (Lipinski definition) is 2. The van der Waals surface area contributed by atoms with Crippen molar-refractivity contribution in [2.45, 2.75) is 45.6 Å². The minimum absolute atomic E-state index is 0.579. The minimum Gasteiger partial charge on any atom is -0.330 e. The predicted molar refractivity (Wildman–Crippen MR) is 60.2 cm³/mol. The SMILES string of the molecule is CC1(C)CN(C2CCCC2CCN)C1. The summed E-state index contributed by atoms with van der Waals surface area (Å²) in [6.07, 6.45) is 5.49. The van der Waals surface area contributed by atoms with Crippen LogP contribution in [-0.4, -0.2) is 30.6 Å². The molecule has 1 saturated heterocycles. The lowest BCUT2D eigenvalue weighted by Gasteiger charge is -2.50. The molecule has 14 heavy (non-hydrogen) atoms. The van der Waals surface area contributed by atoms with Crippen molar-refractivity contribution in [2.24, 2.45) is 17.1 Å². The van der Waals surface area contributed by atoms with Gasteiger partial charge in [-0.25, -0.2) is 0 Å². The molecule has 2 fully saturated rings. The molecular weight excluding hydrogens is 172 g/mol. The Morgan fingerprint density at radius 1 is 1.29 bits per heavy atom. The van der Waals surface area contributed by atoms with Crippen molar-refractivity contribution < 1.29 is 0 Å². The Morgan fingerprint density at radius 3 is 2.57 bits per heavy atom. The third kappa shape index (κ3) is 1.96. The zero-order valence-corrected chi connectivity index (χ0v) is 9.63. The van der Waals surface area contributed by atoms with Gasteiger partial charge in [0.15, 0.2) is 0 Å². The summed E-state index contributed by atoms with van der Waals surface area (Å²) in [4.78, 5) is 2.69. The molecule has 2 nitrogen and oxygen atoms in total. The van der Waals surface area contributed by atoms with Crippen molar-refractivity contribution in [3.8, 4) is 0 Å². The second-order valence-electron chi connectivity index (χ2n) is 5.90. The molecule has 0 radical (unpaired) electrons. The number of likely N-dealkylation sites (tertiary alicyclic amines) is 1. The van der Waals surface area contributed by atoms with E-state index in [2.05, 4.69) is 18.7 Å². The van der Waals surface area contributed by atoms with Gasteiger partial charge in [-0.1, -0.05) is 20.3 Å². The molecule has 2 unspecified atom stereocenters. The van der Waals surface area contributed by atoms with Gasteiger partial charge in [0.2, 0.25) is 0 Å². The molecule has 0 aromatic carbocycles. The standard InChI is InChI=1S/C12H24N2/c1-12(2)8-14(9-12)11-5-3-4-10(11)6-7-13/h10-11H,3-9,13H2,1-2H3. The van der Waals surface area contributed by atoms with Gasteiger partial charge < -0.3 is 5.73 Å². The molecule has 2 heteroatoms. The molecule has 2 aliphatic rings. The van der Waals surface area contributed by atoms with E-state index in [1.54, 1.807) is 0 Å². The Kier molecular flexibility index (Phi) is 2.85. The van der Waals surface area contributed by atoms with Crippen LogP contribution in [0, 0.1) is 11.3 Å². The summed E-state index contributed by atoms with van der Waals surface area (Å²) in [5.41, 5.74) is 6.24. The fourth-order valence-corrected chi connectivity index (χ4v) is 3.34. The van der Waals surface area contributed by atoms with E-state index in [9.17, 15) is 0 Å². The monoisotopic (exact) mass is 196 g/mol. The highest BCUT2D eigenvalue weighted by Crippen LogP contribution is 2.39. The number of rotatable bonds is 3. The minimum atomic E-state index is 0.579. The predicted octanol–water partition coefficient (Wildman–Crippen LogP) is 1.85. The number of nitrogens with zero attached hydrogens (tertiary/aromatic N) is 1. The first-order valence-corrected chi connectivity index (χ1v) is 6.06. The fraction of sp³-hybridized carbons (Fsp3) is 1.00. The van der Waals surface area contributed by atoms with Crippen LogP contribution in [0.2, 0.25) is 0 Å². The molecule has 1 heterocycles. The maximum atomic E-state index is 5.66. The largest absolute Gasteiger partial charge is 0.330 e. The molecule has 0 spiro atoms. The number of hydrogen-bond donors (Lipinski definition) is 1. The molecule has 0 aromatic heterocycles. The molecule has 2 rings (SSSR count). The van der Waals surface area contributed by atoms with Gasteiger partial charge in [-0.15, -0.1) is 0 Å². The highest BCUT2D eigenvalue weighted by atomic mass is 15.2. The van der Waals surface area contributed by atoms with E-state index in [4.69, 9.17) is 5.73 Å². The fourth-order valence-electron chi connectivity index (χ4n) is 3.34. The molecule has 2 N–H and O–H groups in total. The summed E-state index contributed by atoms with van der Waals surface area (Å²) in [5, 5.41) is 0. The van der Waals surface area contributed by atoms with Crippen LogP contribution >= 0.6 is 0 Å². The van der Waals surface area contributed by atoms with Crippen LogP contribution in [0.5, 0.6) is 0 Å². The van der Waals surface area contributed by atoms with Crippen LogP contribution in [-0.2, 0) is 0 Å². The van der Waals surface area contributed by atoms with Gasteiger partial charge in [-0.3, -0.25) is 4.90 Å². The van der Waals surface area contributed by atoms with Gasteiger partial charge in [-0.05, 0) is 37.1 Å². The van der Waals surface area contributed by atoms with Gasteiger partial charge in [0.25, 0.3) is 0 Å². The van der Waals surface area contributed by atoms with Gasteiger partial charge >= 0.3 is 0 Å². The van der Waals surface area contributed by atoms with E-state index in [-0.39, 0.29) is 0 Å². The first-order valence-electron chi connectivity index (χ1n) is 6.06. The van der Waals surface area contributed by atoms with Crippen molar-refractivity contribution in [1.29, 1.82) is 0 Å². The zero-order chi connectivity index (χ0) is 10.2. The molecule has 0 aromatic rings. The Bertz CT molecular complexity index is 192. The molecule has 2 atom stereocenters. The molecule has 1 aliphatic carbocycles. The van der Waals surface area contributed by atoms with Crippen molar-refractivity contribution in [1.82, 2.24) is 4.90 Å². The average Bonchev–Trinajstić information content (AvgIpc) is 2.48. The topological polar surface area (TPSA) is 29.3 Å². The second kappa shape index (κ2) is 3.82. The lowest BCUT2D eigenvalue weighted by molar-refractivity contribution is -0.0190. The summed E-state index contributed by atoms with van der Waals surface area (Å²) in [7, 11) is 0. The summed E-state index contributed by atoms with van der Waals surface area (Å²) in [6, 6.07) is 0.867. The summed E-state index contributed by atoms with van der Waals surface area (Å²) in [5.74, 6) is 0.899. The molecule has 0 bridgehead atoms. The Morgan fingerprint density at radius 2 is 2.00 bits per heavy atom. The van der Waals surface area contributed by atoms with Crippen LogP contribution in [0.3, 0.4) is 0 Å². The van der Waals surface area contributed by atoms with E-state index < -0.39 is 0 Å². The van der Waals surface area contributed by atoms with E-state index in [1.807, 2.05) is 0 Å². The summed E-state index contributed by atoms with van der Waals surface area (Å²) < 4.78 is 0. The van der Waals surface area contributed by atoms with Gasteiger partial charge in [0.05, 0.1) is 0 Å². The lowest BCUT2D eigenvalue weighted by atomic mass is 9.81. The van der Waals surface area contributed by atoms with Crippen LogP contribution in [0.15, 0.2) is 0 Å². The van der Waals surface area contributed by atoms with E-state index >= 15 is 0 Å². The lowest BCUT2D eigenvalue weighted by Crippen LogP contribution is -2.58. The molecule has 82 valence electrons. The smallest absolute Gasteiger partial charge is 0.0124 e. The zero-order valence-electron chi connectivity index (χ0n) is 9.63. The van der Waals surface area contributed by atoms with E-state index in [1.165, 1.54) is 38.8 Å². The molecule has 1 saturated carbocycles. The third-order valence-corrected chi connectivity index (χ3v) is 3.89. The van der Waals surface area contributed by atoms with Crippen LogP contribution < -0.4 is 5.73 Å². The number of nitrogens with two attached hydrogens (primary N) is 1. The Labute approximate surface area is 87.8 Å². The van der Waals surface area contributed by atoms with Gasteiger partial charge in [0, 0.05) is 19.1 Å². The summed E-state index contributed by atoms with van der Waals surface area (Å²) >= 11 is 0. The molecular formula is C12H24N2. The highest BCUT2D eigenvalue weighted by Gasteiger charge is 2.41. The normalized spacial score (nSPS) is 37.1. The van der Waals surface area contributed by atoms with Crippen LogP contribution in [0.1, 0.15) is 39.5 Å². The maximum absolute atomic E-state index is 5.66. The second-order valence-corrected chi connectivity index (χ2v) is 5.90. The van der Waals surface area contributed by atoms with E-state index in [0.29, 0.717) is 5.41 Å². The first-order chi connectivity index (χ1) is 6.62. The van der Waals surface area contributed by atoms with Crippen molar-refractivity contribution in [3.05, 3.63) is 0 Å². The molecule has 1 aliphatic heterocycles. The van der Waals surface area contributed by atoms with Gasteiger partial charge in [0.1, 0.15) is 0 Å². The average molecular weight is 196 g/mol. The Hall–Kier alpha value is -0.0800. The first kappa shape index (κ1) is 10.4. The van der Waals surface area contributed by atoms with Crippen LogP contribution in [0.25, 0.3) is 0 Å². The summed E-state index contributed by atoms with van der Waals surface area (Å²) in [6.45, 7) is 8.22.